The molecule has 0 aliphatic rings. The number of allylic oxidation sites excluding steroid dienone is 1. The Bertz CT molecular complexity index is 1010. The molecule has 0 saturated carbocycles. The quantitative estimate of drug-likeness (QED) is 0.0612. The Morgan fingerprint density at radius 3 is 2.11 bits per heavy atom. The lowest BCUT2D eigenvalue weighted by atomic mass is 9.82. The van der Waals surface area contributed by atoms with E-state index in [2.05, 4.69) is 19.2 Å². The summed E-state index contributed by atoms with van der Waals surface area (Å²) in [5, 5.41) is 22.9. The Balaban J connectivity index is 2.78. The van der Waals surface area contributed by atoms with E-state index in [1.807, 2.05) is 11.8 Å². The van der Waals surface area contributed by atoms with Gasteiger partial charge >= 0.3 is 5.97 Å². The van der Waals surface area contributed by atoms with E-state index in [4.69, 9.17) is 10.5 Å². The average molecular weight is 657 g/mol. The second-order valence-corrected chi connectivity index (χ2v) is 12.7. The van der Waals surface area contributed by atoms with Crippen molar-refractivity contribution in [2.24, 2.45) is 11.7 Å². The van der Waals surface area contributed by atoms with Crippen LogP contribution in [0, 0.1) is 5.92 Å². The number of thioether (sulfide) groups is 1. The standard InChI is InChI=1S/C34H54F2N2O6S/c1-3-5-7-11-14-22-45-23-15-12-9-8-10-13-16-28(34(43,33(41)42)25-30(35)36)32(40)38-29(31(37)39)24-26-17-19-27(20-18-26)44-21-6-4-2/h13,16-20,28-30,43H,3-12,14-15,21-25H2,1-2H3,(H2,37,39)(H,38,40)(H,41,42)/b16-13+/t28-,29+,34+/m1/s1. The number of carboxylic acids is 1. The van der Waals surface area contributed by atoms with Gasteiger partial charge in [0.2, 0.25) is 18.2 Å². The van der Waals surface area contributed by atoms with Crippen LogP contribution in [0.4, 0.5) is 8.78 Å². The van der Waals surface area contributed by atoms with E-state index in [1.54, 1.807) is 24.3 Å². The van der Waals surface area contributed by atoms with Gasteiger partial charge in [0.05, 0.1) is 12.5 Å². The number of primary amides is 1. The number of ether oxygens (including phenoxy) is 1. The number of unbranched alkanes of at least 4 members (excludes halogenated alkanes) is 9. The maximum Gasteiger partial charge on any atom is 0.337 e. The third kappa shape index (κ3) is 17.0. The topological polar surface area (TPSA) is 139 Å². The minimum atomic E-state index is -3.19. The van der Waals surface area contributed by atoms with E-state index >= 15 is 0 Å². The fraction of sp³-hybridized carbons (Fsp3) is 0.676. The van der Waals surface area contributed by atoms with Crippen LogP contribution in [0.1, 0.15) is 103 Å². The Kier molecular flexibility index (Phi) is 21.2. The van der Waals surface area contributed by atoms with Crippen molar-refractivity contribution in [3.63, 3.8) is 0 Å². The summed E-state index contributed by atoms with van der Waals surface area (Å²) < 4.78 is 32.4. The van der Waals surface area contributed by atoms with E-state index in [0.29, 0.717) is 24.3 Å². The molecule has 1 rings (SSSR count). The van der Waals surface area contributed by atoms with Crippen LogP contribution >= 0.6 is 11.8 Å². The summed E-state index contributed by atoms with van der Waals surface area (Å²) >= 11 is 1.97. The number of halogens is 2. The number of rotatable bonds is 27. The molecule has 3 atom stereocenters. The van der Waals surface area contributed by atoms with E-state index in [9.17, 15) is 33.4 Å². The maximum atomic E-state index is 13.4. The highest BCUT2D eigenvalue weighted by atomic mass is 32.2. The number of carbonyl (C=O) groups is 3. The third-order valence-electron chi connectivity index (χ3n) is 7.55. The molecule has 256 valence electrons. The smallest absolute Gasteiger partial charge is 0.337 e. The van der Waals surface area contributed by atoms with E-state index in [0.717, 1.165) is 50.4 Å². The van der Waals surface area contributed by atoms with Gasteiger partial charge in [-0.05, 0) is 61.3 Å². The highest BCUT2D eigenvalue weighted by Gasteiger charge is 2.49. The Labute approximate surface area is 271 Å². The molecule has 1 aromatic carbocycles. The molecular weight excluding hydrogens is 602 g/mol. The van der Waals surface area contributed by atoms with Gasteiger partial charge in [-0.25, -0.2) is 13.6 Å². The summed E-state index contributed by atoms with van der Waals surface area (Å²) in [4.78, 5) is 37.5. The summed E-state index contributed by atoms with van der Waals surface area (Å²) in [6, 6.07) is 5.59. The lowest BCUT2D eigenvalue weighted by molar-refractivity contribution is -0.171. The predicted molar refractivity (Wildman–Crippen MR) is 177 cm³/mol. The van der Waals surface area contributed by atoms with Crippen LogP contribution in [0.25, 0.3) is 0 Å². The molecule has 0 bridgehead atoms. The van der Waals surface area contributed by atoms with Crippen LogP contribution in [0.3, 0.4) is 0 Å². The fourth-order valence-electron chi connectivity index (χ4n) is 4.78. The molecule has 0 spiro atoms. The largest absolute Gasteiger partial charge is 0.494 e. The molecule has 0 aromatic heterocycles. The number of carboxylic acid groups (broad SMARTS) is 1. The molecule has 0 aliphatic heterocycles. The van der Waals surface area contributed by atoms with Crippen molar-refractivity contribution in [3.8, 4) is 5.75 Å². The van der Waals surface area contributed by atoms with Crippen LogP contribution in [0.2, 0.25) is 0 Å². The number of aliphatic carboxylic acids is 1. The van der Waals surface area contributed by atoms with Crippen LogP contribution in [0.15, 0.2) is 36.4 Å². The van der Waals surface area contributed by atoms with Gasteiger partial charge in [0.25, 0.3) is 0 Å². The second-order valence-electron chi connectivity index (χ2n) is 11.5. The summed E-state index contributed by atoms with van der Waals surface area (Å²) in [5.74, 6) is -2.87. The first kappa shape index (κ1) is 40.4. The molecule has 0 heterocycles. The maximum absolute atomic E-state index is 13.4. The normalized spacial score (nSPS) is 14.3. The first-order valence-electron chi connectivity index (χ1n) is 16.3. The van der Waals surface area contributed by atoms with Gasteiger partial charge in [-0.3, -0.25) is 9.59 Å². The number of carbonyl (C=O) groups excluding carboxylic acids is 2. The monoisotopic (exact) mass is 656 g/mol. The zero-order chi connectivity index (χ0) is 33.5. The van der Waals surface area contributed by atoms with Crippen molar-refractivity contribution >= 4 is 29.5 Å². The van der Waals surface area contributed by atoms with Gasteiger partial charge in [0.1, 0.15) is 11.8 Å². The number of nitrogens with two attached hydrogens (primary N) is 1. The minimum absolute atomic E-state index is 0.0236. The van der Waals surface area contributed by atoms with Crippen molar-refractivity contribution in [2.75, 3.05) is 18.1 Å². The van der Waals surface area contributed by atoms with Crippen molar-refractivity contribution in [1.29, 1.82) is 0 Å². The Morgan fingerprint density at radius 2 is 1.56 bits per heavy atom. The molecular formula is C34H54F2N2O6S. The van der Waals surface area contributed by atoms with Crippen molar-refractivity contribution < 1.29 is 38.1 Å². The fourth-order valence-corrected chi connectivity index (χ4v) is 5.80. The van der Waals surface area contributed by atoms with E-state index < -0.39 is 48.2 Å². The molecule has 11 heteroatoms. The molecule has 0 radical (unpaired) electrons. The molecule has 0 saturated heterocycles. The number of hydrogen-bond donors (Lipinski definition) is 4. The van der Waals surface area contributed by atoms with Gasteiger partial charge in [-0.2, -0.15) is 11.8 Å². The van der Waals surface area contributed by atoms with E-state index in [1.165, 1.54) is 43.9 Å². The second kappa shape index (κ2) is 23.6. The van der Waals surface area contributed by atoms with Gasteiger partial charge < -0.3 is 26.0 Å². The van der Waals surface area contributed by atoms with Crippen LogP contribution in [-0.2, 0) is 20.8 Å². The first-order valence-corrected chi connectivity index (χ1v) is 17.5. The lowest BCUT2D eigenvalue weighted by Gasteiger charge is -2.30. The highest BCUT2D eigenvalue weighted by Crippen LogP contribution is 2.28. The number of nitrogens with one attached hydrogen (secondary N) is 1. The zero-order valence-electron chi connectivity index (χ0n) is 27.0. The lowest BCUT2D eigenvalue weighted by Crippen LogP contribution is -2.56. The summed E-state index contributed by atoms with van der Waals surface area (Å²) in [7, 11) is 0. The van der Waals surface area contributed by atoms with Gasteiger partial charge in [0.15, 0.2) is 5.60 Å². The van der Waals surface area contributed by atoms with Gasteiger partial charge in [-0.1, -0.05) is 83.1 Å². The molecule has 0 aliphatic carbocycles. The van der Waals surface area contributed by atoms with Crippen molar-refractivity contribution in [1.82, 2.24) is 5.32 Å². The zero-order valence-corrected chi connectivity index (χ0v) is 27.8. The number of aliphatic hydroxyl groups is 1. The number of amides is 2. The van der Waals surface area contributed by atoms with Crippen LogP contribution in [0.5, 0.6) is 5.75 Å². The molecule has 8 nitrogen and oxygen atoms in total. The third-order valence-corrected chi connectivity index (χ3v) is 8.71. The predicted octanol–water partition coefficient (Wildman–Crippen LogP) is 6.68. The van der Waals surface area contributed by atoms with Gasteiger partial charge in [0, 0.05) is 12.8 Å². The van der Waals surface area contributed by atoms with Crippen LogP contribution < -0.4 is 15.8 Å². The average Bonchev–Trinajstić information content (AvgIpc) is 2.99. The molecule has 1 aromatic rings. The van der Waals surface area contributed by atoms with Gasteiger partial charge in [-0.15, -0.1) is 0 Å². The van der Waals surface area contributed by atoms with E-state index in [-0.39, 0.29) is 6.42 Å². The first-order chi connectivity index (χ1) is 21.5. The summed E-state index contributed by atoms with van der Waals surface area (Å²) in [6.07, 6.45) is 10.6. The molecule has 5 N–H and O–H groups in total. The number of benzene rings is 1. The Morgan fingerprint density at radius 1 is 0.956 bits per heavy atom. The summed E-state index contributed by atoms with van der Waals surface area (Å²) in [5.41, 5.74) is 3.09. The molecule has 45 heavy (non-hydrogen) atoms. The molecule has 0 unspecified atom stereocenters. The number of alkyl halides is 2. The van der Waals surface area contributed by atoms with Crippen LogP contribution in [-0.4, -0.2) is 64.2 Å². The highest BCUT2D eigenvalue weighted by molar-refractivity contribution is 7.99. The van der Waals surface area contributed by atoms with Crippen molar-refractivity contribution in [2.45, 2.75) is 122 Å². The summed E-state index contributed by atoms with van der Waals surface area (Å²) in [6.45, 7) is 4.82. The molecule has 2 amide bonds. The minimum Gasteiger partial charge on any atom is -0.494 e. The number of hydrogen-bond acceptors (Lipinski definition) is 6. The SMILES string of the molecule is CCCCCCCSCCCCCC/C=C/[C@H](C(=O)N[C@@H](Cc1ccc(OCCCC)cc1)C(N)=O)[C@@](O)(CC(F)F)C(=O)O. The molecule has 0 fully saturated rings. The van der Waals surface area contributed by atoms with Crippen molar-refractivity contribution in [3.05, 3.63) is 42.0 Å². The Hall–Kier alpha value is -2.66.